The summed E-state index contributed by atoms with van der Waals surface area (Å²) in [4.78, 5) is 26.2. The van der Waals surface area contributed by atoms with Crippen molar-refractivity contribution in [1.29, 1.82) is 0 Å². The molecule has 0 saturated heterocycles. The van der Waals surface area contributed by atoms with Gasteiger partial charge in [0.15, 0.2) is 6.10 Å². The van der Waals surface area contributed by atoms with Crippen molar-refractivity contribution in [1.82, 2.24) is 4.90 Å². The van der Waals surface area contributed by atoms with Crippen molar-refractivity contribution in [2.24, 2.45) is 0 Å². The Morgan fingerprint density at radius 2 is 1.68 bits per heavy atom. The fourth-order valence-corrected chi connectivity index (χ4v) is 3.97. The van der Waals surface area contributed by atoms with E-state index in [0.29, 0.717) is 56.5 Å². The fraction of sp³-hybridized carbons (Fsp3) is 0.355. The molecule has 2 N–H and O–H groups in total. The first kappa shape index (κ1) is 30.5. The number of carboxylic acids is 1. The maximum atomic E-state index is 13.1. The van der Waals surface area contributed by atoms with Crippen molar-refractivity contribution >= 4 is 17.7 Å². The summed E-state index contributed by atoms with van der Waals surface area (Å²) in [6.45, 7) is 4.27. The van der Waals surface area contributed by atoms with Crippen LogP contribution in [0.1, 0.15) is 24.5 Å². The molecule has 0 bridgehead atoms. The normalized spacial score (nSPS) is 11.4. The van der Waals surface area contributed by atoms with E-state index in [1.807, 2.05) is 54.6 Å². The van der Waals surface area contributed by atoms with Gasteiger partial charge in [0.05, 0.1) is 20.3 Å². The molecule has 0 fully saturated rings. The van der Waals surface area contributed by atoms with Gasteiger partial charge in [-0.05, 0) is 48.7 Å². The van der Waals surface area contributed by atoms with Gasteiger partial charge in [0, 0.05) is 37.9 Å². The van der Waals surface area contributed by atoms with Gasteiger partial charge >= 0.3 is 12.0 Å². The zero-order valence-corrected chi connectivity index (χ0v) is 23.1. The summed E-state index contributed by atoms with van der Waals surface area (Å²) < 4.78 is 22.2. The number of aliphatic carboxylic acids is 1. The Labute approximate surface area is 235 Å². The minimum Gasteiger partial charge on any atom is -0.497 e. The summed E-state index contributed by atoms with van der Waals surface area (Å²) in [5.74, 6) is 0.299. The van der Waals surface area contributed by atoms with Crippen LogP contribution in [0.15, 0.2) is 78.9 Å². The first-order chi connectivity index (χ1) is 19.5. The molecule has 2 amide bonds. The Morgan fingerprint density at radius 3 is 2.38 bits per heavy atom. The number of amides is 2. The van der Waals surface area contributed by atoms with E-state index in [4.69, 9.17) is 18.9 Å². The van der Waals surface area contributed by atoms with Crippen LogP contribution in [0.25, 0.3) is 0 Å². The Morgan fingerprint density at radius 1 is 0.900 bits per heavy atom. The highest BCUT2D eigenvalue weighted by Gasteiger charge is 2.18. The molecular formula is C31H38N2O7. The van der Waals surface area contributed by atoms with Crippen molar-refractivity contribution in [3.63, 3.8) is 0 Å². The number of nitrogens with zero attached hydrogens (tertiary/aromatic N) is 1. The van der Waals surface area contributed by atoms with Crippen LogP contribution >= 0.6 is 0 Å². The van der Waals surface area contributed by atoms with Gasteiger partial charge < -0.3 is 34.3 Å². The van der Waals surface area contributed by atoms with E-state index in [2.05, 4.69) is 5.32 Å². The molecule has 0 aliphatic carbocycles. The zero-order chi connectivity index (χ0) is 28.6. The second-order valence-corrected chi connectivity index (χ2v) is 9.02. The van der Waals surface area contributed by atoms with E-state index in [-0.39, 0.29) is 19.1 Å². The summed E-state index contributed by atoms with van der Waals surface area (Å²) in [6.07, 6.45) is 0.0520. The molecule has 40 heavy (non-hydrogen) atoms. The summed E-state index contributed by atoms with van der Waals surface area (Å²) in [7, 11) is 1.58. The van der Waals surface area contributed by atoms with Gasteiger partial charge in [0.1, 0.15) is 18.1 Å². The quantitative estimate of drug-likeness (QED) is 0.221. The molecule has 214 valence electrons. The molecule has 0 aromatic heterocycles. The van der Waals surface area contributed by atoms with Gasteiger partial charge in [-0.3, -0.25) is 0 Å². The van der Waals surface area contributed by atoms with E-state index in [1.54, 1.807) is 43.2 Å². The third-order valence-corrected chi connectivity index (χ3v) is 6.05. The van der Waals surface area contributed by atoms with Crippen molar-refractivity contribution in [3.8, 4) is 11.5 Å². The summed E-state index contributed by atoms with van der Waals surface area (Å²) in [5.41, 5.74) is 2.58. The van der Waals surface area contributed by atoms with Crippen molar-refractivity contribution in [2.75, 3.05) is 45.3 Å². The van der Waals surface area contributed by atoms with Crippen LogP contribution in [0.4, 0.5) is 10.5 Å². The number of nitrogens with one attached hydrogen (secondary N) is 1. The number of ether oxygens (including phenoxy) is 4. The van der Waals surface area contributed by atoms with Gasteiger partial charge in [-0.2, -0.15) is 0 Å². The van der Waals surface area contributed by atoms with Crippen LogP contribution in [-0.2, 0) is 27.3 Å². The molecule has 3 aromatic rings. The average Bonchev–Trinajstić information content (AvgIpc) is 2.97. The van der Waals surface area contributed by atoms with Crippen LogP contribution in [0.3, 0.4) is 0 Å². The van der Waals surface area contributed by atoms with Crippen LogP contribution < -0.4 is 14.8 Å². The molecular weight excluding hydrogens is 512 g/mol. The number of rotatable bonds is 17. The number of benzene rings is 3. The van der Waals surface area contributed by atoms with Gasteiger partial charge in [-0.1, -0.05) is 48.5 Å². The molecule has 9 heteroatoms. The summed E-state index contributed by atoms with van der Waals surface area (Å²) in [6, 6.07) is 24.1. The minimum absolute atomic E-state index is 0.245. The monoisotopic (exact) mass is 550 g/mol. The minimum atomic E-state index is -0.986. The number of anilines is 1. The Hall–Kier alpha value is -4.08. The van der Waals surface area contributed by atoms with Gasteiger partial charge in [-0.25, -0.2) is 9.59 Å². The third kappa shape index (κ3) is 10.6. The molecule has 0 radical (unpaired) electrons. The van der Waals surface area contributed by atoms with Crippen molar-refractivity contribution < 1.29 is 33.6 Å². The molecule has 0 spiro atoms. The summed E-state index contributed by atoms with van der Waals surface area (Å²) >= 11 is 0. The van der Waals surface area contributed by atoms with Crippen LogP contribution in [0.5, 0.6) is 11.5 Å². The van der Waals surface area contributed by atoms with Crippen LogP contribution in [0.2, 0.25) is 0 Å². The second-order valence-electron chi connectivity index (χ2n) is 9.02. The standard InChI is InChI=1S/C31H38N2O7/c1-3-39-29(30(34)35)21-24-13-15-27(16-14-24)40-20-18-33(17-8-19-38-23-25-9-5-4-6-10-25)31(36)32-26-11-7-12-28(22-26)37-2/h4-7,9-16,22,29H,3,8,17-21,23H2,1-2H3,(H,32,36)(H,34,35). The first-order valence-corrected chi connectivity index (χ1v) is 13.4. The Balaban J connectivity index is 1.52. The van der Waals surface area contributed by atoms with E-state index < -0.39 is 12.1 Å². The fourth-order valence-electron chi connectivity index (χ4n) is 3.97. The lowest BCUT2D eigenvalue weighted by molar-refractivity contribution is -0.149. The number of hydrogen-bond donors (Lipinski definition) is 2. The van der Waals surface area contributed by atoms with E-state index >= 15 is 0 Å². The lowest BCUT2D eigenvalue weighted by Gasteiger charge is -2.23. The van der Waals surface area contributed by atoms with Crippen LogP contribution in [0, 0.1) is 0 Å². The Bertz CT molecular complexity index is 1170. The molecule has 1 unspecified atom stereocenters. The van der Waals surface area contributed by atoms with Crippen LogP contribution in [-0.4, -0.2) is 68.1 Å². The predicted molar refractivity (Wildman–Crippen MR) is 153 cm³/mol. The molecule has 0 saturated carbocycles. The predicted octanol–water partition coefficient (Wildman–Crippen LogP) is 5.25. The molecule has 0 heterocycles. The topological polar surface area (TPSA) is 107 Å². The maximum Gasteiger partial charge on any atom is 0.333 e. The number of methoxy groups -OCH3 is 1. The molecule has 9 nitrogen and oxygen atoms in total. The highest BCUT2D eigenvalue weighted by atomic mass is 16.5. The highest BCUT2D eigenvalue weighted by Crippen LogP contribution is 2.18. The number of carbonyl (C=O) groups excluding carboxylic acids is 1. The molecule has 1 atom stereocenters. The van der Waals surface area contributed by atoms with Crippen molar-refractivity contribution in [3.05, 3.63) is 90.0 Å². The largest absolute Gasteiger partial charge is 0.497 e. The Kier molecular flexibility index (Phi) is 12.8. The lowest BCUT2D eigenvalue weighted by Crippen LogP contribution is -2.39. The van der Waals surface area contributed by atoms with Gasteiger partial charge in [0.25, 0.3) is 0 Å². The van der Waals surface area contributed by atoms with E-state index in [1.165, 1.54) is 0 Å². The second kappa shape index (κ2) is 16.8. The van der Waals surface area contributed by atoms with E-state index in [9.17, 15) is 14.7 Å². The number of carboxylic acid groups (broad SMARTS) is 1. The van der Waals surface area contributed by atoms with Gasteiger partial charge in [0.2, 0.25) is 0 Å². The lowest BCUT2D eigenvalue weighted by atomic mass is 10.1. The van der Waals surface area contributed by atoms with E-state index in [0.717, 1.165) is 11.1 Å². The molecule has 0 aliphatic heterocycles. The molecule has 3 aromatic carbocycles. The third-order valence-electron chi connectivity index (χ3n) is 6.05. The number of urea groups is 1. The average molecular weight is 551 g/mol. The number of hydrogen-bond acceptors (Lipinski definition) is 6. The van der Waals surface area contributed by atoms with Crippen molar-refractivity contribution in [2.45, 2.75) is 32.5 Å². The molecule has 3 rings (SSSR count). The highest BCUT2D eigenvalue weighted by molar-refractivity contribution is 5.89. The first-order valence-electron chi connectivity index (χ1n) is 13.4. The smallest absolute Gasteiger partial charge is 0.333 e. The molecule has 0 aliphatic rings. The van der Waals surface area contributed by atoms with Gasteiger partial charge in [-0.15, -0.1) is 0 Å². The maximum absolute atomic E-state index is 13.1. The zero-order valence-electron chi connectivity index (χ0n) is 23.1. The SMILES string of the molecule is CCOC(Cc1ccc(OCCN(CCCOCc2ccccc2)C(=O)Nc2cccc(OC)c2)cc1)C(=O)O. The number of carbonyl (C=O) groups is 2. The summed E-state index contributed by atoms with van der Waals surface area (Å²) in [5, 5.41) is 12.2.